The molecule has 7 rings (SSSR count). The second-order valence-electron chi connectivity index (χ2n) is 13.5. The highest BCUT2D eigenvalue weighted by atomic mass is 19.2. The Morgan fingerprint density at radius 2 is 1.67 bits per heavy atom. The molecule has 2 N–H and O–H groups in total. The second kappa shape index (κ2) is 11.7. The number of hydrogen-bond donors (Lipinski definition) is 2. The van der Waals surface area contributed by atoms with E-state index in [1.165, 1.54) is 0 Å². The molecule has 0 spiro atoms. The Hall–Kier alpha value is -4.43. The van der Waals surface area contributed by atoms with Gasteiger partial charge in [0.05, 0.1) is 5.56 Å². The number of fused-ring (bicyclic) bond motifs is 3. The lowest BCUT2D eigenvalue weighted by Gasteiger charge is -2.51. The molecule has 4 aliphatic rings. The normalized spacial score (nSPS) is 23.0. The minimum absolute atomic E-state index is 0.221. The molecule has 15 heteroatoms. The molecule has 2 aromatic heterocycles. The fourth-order valence-corrected chi connectivity index (χ4v) is 6.56. The standard InChI is InChI=1S/C31H36F3N7O5/c1-29(2,3)45-28(44)41-14-12-40(13-15-41)21-5-4-20(37-38-21)25-36-27(46-39-25)31-9-6-30(7-10-31,8-11-31)17-35-26(43)18-16-19(32)24(42)23(34)22(18)33/h4-5,16,42H,6-15,17H2,1-3H3,(H,35,43)/t30-,31+. The van der Waals surface area contributed by atoms with Crippen LogP contribution in [0, 0.1) is 22.9 Å². The number of hydrogen-bond acceptors (Lipinski definition) is 10. The average Bonchev–Trinajstić information content (AvgIpc) is 3.56. The smallest absolute Gasteiger partial charge is 0.410 e. The number of amides is 2. The summed E-state index contributed by atoms with van der Waals surface area (Å²) in [6.45, 7) is 7.96. The first-order chi connectivity index (χ1) is 21.8. The number of rotatable bonds is 6. The number of carbonyl (C=O) groups excluding carboxylic acids is 2. The van der Waals surface area contributed by atoms with Crippen LogP contribution in [0.3, 0.4) is 0 Å². The number of piperazine rings is 1. The molecule has 246 valence electrons. The largest absolute Gasteiger partial charge is 0.503 e. The van der Waals surface area contributed by atoms with E-state index < -0.39 is 40.3 Å². The second-order valence-corrected chi connectivity index (χ2v) is 13.5. The van der Waals surface area contributed by atoms with Gasteiger partial charge in [-0.15, -0.1) is 10.2 Å². The molecule has 0 radical (unpaired) electrons. The Morgan fingerprint density at radius 3 is 2.28 bits per heavy atom. The first-order valence-corrected chi connectivity index (χ1v) is 15.3. The van der Waals surface area contributed by atoms with Crippen LogP contribution < -0.4 is 10.2 Å². The van der Waals surface area contributed by atoms with Crippen molar-refractivity contribution in [1.82, 2.24) is 30.6 Å². The van der Waals surface area contributed by atoms with Gasteiger partial charge in [0.1, 0.15) is 11.3 Å². The average molecular weight is 644 g/mol. The van der Waals surface area contributed by atoms with Crippen LogP contribution in [0.25, 0.3) is 11.5 Å². The summed E-state index contributed by atoms with van der Waals surface area (Å²) in [5, 5.41) is 24.8. The minimum atomic E-state index is -1.79. The van der Waals surface area contributed by atoms with Gasteiger partial charge in [-0.25, -0.2) is 13.6 Å². The third-order valence-electron chi connectivity index (χ3n) is 9.42. The molecule has 0 atom stereocenters. The van der Waals surface area contributed by atoms with E-state index in [1.54, 1.807) is 11.0 Å². The summed E-state index contributed by atoms with van der Waals surface area (Å²) < 4.78 is 52.8. The molecule has 1 aliphatic heterocycles. The summed E-state index contributed by atoms with van der Waals surface area (Å²) in [6.07, 6.45) is 4.10. The van der Waals surface area contributed by atoms with Crippen LogP contribution in [0.2, 0.25) is 0 Å². The van der Waals surface area contributed by atoms with Crippen LogP contribution in [0.4, 0.5) is 23.8 Å². The van der Waals surface area contributed by atoms with Gasteiger partial charge in [0, 0.05) is 38.1 Å². The van der Waals surface area contributed by atoms with E-state index in [-0.39, 0.29) is 23.5 Å². The third-order valence-corrected chi connectivity index (χ3v) is 9.42. The summed E-state index contributed by atoms with van der Waals surface area (Å²) in [5.41, 5.74) is -1.42. The van der Waals surface area contributed by atoms with Crippen molar-refractivity contribution in [2.24, 2.45) is 5.41 Å². The molecule has 4 fully saturated rings. The van der Waals surface area contributed by atoms with Crippen molar-refractivity contribution in [1.29, 1.82) is 0 Å². The third kappa shape index (κ3) is 6.06. The summed E-state index contributed by atoms with van der Waals surface area (Å²) in [6, 6.07) is 4.13. The summed E-state index contributed by atoms with van der Waals surface area (Å²) >= 11 is 0. The highest BCUT2D eigenvalue weighted by Crippen LogP contribution is 2.57. The zero-order chi connectivity index (χ0) is 32.9. The molecular weight excluding hydrogens is 607 g/mol. The predicted molar refractivity (Wildman–Crippen MR) is 157 cm³/mol. The van der Waals surface area contributed by atoms with Crippen LogP contribution in [-0.4, -0.2) is 80.7 Å². The van der Waals surface area contributed by atoms with Gasteiger partial charge >= 0.3 is 6.09 Å². The highest BCUT2D eigenvalue weighted by molar-refractivity contribution is 5.94. The van der Waals surface area contributed by atoms with Crippen molar-refractivity contribution in [2.45, 2.75) is 70.3 Å². The van der Waals surface area contributed by atoms with Crippen molar-refractivity contribution in [3.8, 4) is 17.3 Å². The number of carbonyl (C=O) groups is 2. The number of aromatic hydroxyl groups is 1. The molecule has 0 unspecified atom stereocenters. The highest BCUT2D eigenvalue weighted by Gasteiger charge is 2.52. The number of phenolic OH excluding ortho intramolecular Hbond substituents is 1. The van der Waals surface area contributed by atoms with Gasteiger partial charge in [-0.1, -0.05) is 5.16 Å². The lowest BCUT2D eigenvalue weighted by molar-refractivity contribution is 0.0228. The fourth-order valence-electron chi connectivity index (χ4n) is 6.56. The fraction of sp³-hybridized carbons (Fsp3) is 0.548. The predicted octanol–water partition coefficient (Wildman–Crippen LogP) is 4.73. The maximum absolute atomic E-state index is 14.2. The van der Waals surface area contributed by atoms with E-state index in [1.807, 2.05) is 26.8 Å². The first-order valence-electron chi connectivity index (χ1n) is 15.3. The number of nitrogens with zero attached hydrogens (tertiary/aromatic N) is 6. The van der Waals surface area contributed by atoms with Crippen molar-refractivity contribution in [3.05, 3.63) is 47.1 Å². The van der Waals surface area contributed by atoms with E-state index in [0.29, 0.717) is 55.5 Å². The lowest BCUT2D eigenvalue weighted by atomic mass is 9.53. The maximum atomic E-state index is 14.2. The molecule has 46 heavy (non-hydrogen) atoms. The van der Waals surface area contributed by atoms with E-state index >= 15 is 0 Å². The molecule has 1 aromatic carbocycles. The zero-order valence-electron chi connectivity index (χ0n) is 25.9. The van der Waals surface area contributed by atoms with Crippen molar-refractivity contribution in [2.75, 3.05) is 37.6 Å². The molecule has 1 saturated heterocycles. The summed E-state index contributed by atoms with van der Waals surface area (Å²) in [5.74, 6) is -5.64. The quantitative estimate of drug-likeness (QED) is 0.362. The number of benzene rings is 1. The SMILES string of the molecule is CC(C)(C)OC(=O)N1CCN(c2ccc(-c3noc([C@]45CC[C@](CNC(=O)c6cc(F)c(O)c(F)c6F)(CC4)CC5)n3)nn2)CC1. The van der Waals surface area contributed by atoms with E-state index in [4.69, 9.17) is 9.26 Å². The van der Waals surface area contributed by atoms with Crippen LogP contribution in [0.5, 0.6) is 5.75 Å². The molecule has 2 bridgehead atoms. The molecule has 12 nitrogen and oxygen atoms in total. The maximum Gasteiger partial charge on any atom is 0.410 e. The van der Waals surface area contributed by atoms with Gasteiger partial charge in [0.25, 0.3) is 5.91 Å². The van der Waals surface area contributed by atoms with Crippen LogP contribution in [0.1, 0.15) is 75.5 Å². The number of phenols is 1. The van der Waals surface area contributed by atoms with E-state index in [2.05, 4.69) is 30.6 Å². The van der Waals surface area contributed by atoms with Gasteiger partial charge in [0.15, 0.2) is 23.2 Å². The first kappa shape index (κ1) is 31.5. The molecule has 3 heterocycles. The van der Waals surface area contributed by atoms with E-state index in [0.717, 1.165) is 38.5 Å². The Labute approximate surface area is 263 Å². The van der Waals surface area contributed by atoms with Crippen LogP contribution in [0.15, 0.2) is 22.7 Å². The topological polar surface area (TPSA) is 147 Å². The molecule has 3 saturated carbocycles. The zero-order valence-corrected chi connectivity index (χ0v) is 25.9. The Balaban J connectivity index is 1.04. The van der Waals surface area contributed by atoms with E-state index in [9.17, 15) is 27.9 Å². The number of ether oxygens (including phenoxy) is 1. The van der Waals surface area contributed by atoms with Gasteiger partial charge in [-0.2, -0.15) is 9.37 Å². The molecular formula is C31H36F3N7O5. The van der Waals surface area contributed by atoms with Gasteiger partial charge in [-0.3, -0.25) is 4.79 Å². The number of aromatic nitrogens is 4. The Bertz CT molecular complexity index is 1610. The molecule has 2 amide bonds. The lowest BCUT2D eigenvalue weighted by Crippen LogP contribution is -2.50. The van der Waals surface area contributed by atoms with Crippen LogP contribution in [-0.2, 0) is 10.2 Å². The summed E-state index contributed by atoms with van der Waals surface area (Å²) in [4.78, 5) is 33.4. The molecule has 3 aliphatic carbocycles. The Morgan fingerprint density at radius 1 is 1.00 bits per heavy atom. The number of anilines is 1. The van der Waals surface area contributed by atoms with Gasteiger partial charge in [0.2, 0.25) is 17.5 Å². The minimum Gasteiger partial charge on any atom is -0.503 e. The van der Waals surface area contributed by atoms with Crippen LogP contribution >= 0.6 is 0 Å². The molecule has 3 aromatic rings. The monoisotopic (exact) mass is 643 g/mol. The number of halogens is 3. The Kier molecular flexibility index (Phi) is 8.05. The van der Waals surface area contributed by atoms with Crippen molar-refractivity contribution in [3.63, 3.8) is 0 Å². The number of nitrogens with one attached hydrogen (secondary N) is 1. The summed E-state index contributed by atoms with van der Waals surface area (Å²) in [7, 11) is 0. The van der Waals surface area contributed by atoms with Crippen molar-refractivity contribution >= 4 is 17.8 Å². The van der Waals surface area contributed by atoms with Gasteiger partial charge in [-0.05, 0) is 82.9 Å². The van der Waals surface area contributed by atoms with Gasteiger partial charge < -0.3 is 29.5 Å². The van der Waals surface area contributed by atoms with Crippen molar-refractivity contribution < 1.29 is 37.1 Å².